The number of aromatic nitrogens is 2. The van der Waals surface area contributed by atoms with Gasteiger partial charge in [-0.05, 0) is 26.8 Å². The molecule has 1 rings (SSSR count). The molecule has 0 aliphatic carbocycles. The van der Waals surface area contributed by atoms with Crippen molar-refractivity contribution >= 4 is 5.91 Å². The molecule has 1 aromatic rings. The summed E-state index contributed by atoms with van der Waals surface area (Å²) in [5, 5.41) is 16.2. The fraction of sp³-hybridized carbons (Fsp3) is 0.636. The number of aromatic amines is 1. The number of amides is 1. The van der Waals surface area contributed by atoms with Crippen LogP contribution in [0.3, 0.4) is 0 Å². The highest BCUT2D eigenvalue weighted by atomic mass is 16.3. The normalized spacial score (nSPS) is 11.5. The summed E-state index contributed by atoms with van der Waals surface area (Å²) in [4.78, 5) is 13.5. The number of hydrogen-bond donors (Lipinski definition) is 2. The highest BCUT2D eigenvalue weighted by Gasteiger charge is 2.21. The summed E-state index contributed by atoms with van der Waals surface area (Å²) >= 11 is 0. The molecule has 0 saturated heterocycles. The maximum atomic E-state index is 11.9. The van der Waals surface area contributed by atoms with Gasteiger partial charge in [-0.15, -0.1) is 0 Å². The highest BCUT2D eigenvalue weighted by molar-refractivity contribution is 5.78. The fourth-order valence-electron chi connectivity index (χ4n) is 1.50. The molecule has 0 saturated carbocycles. The van der Waals surface area contributed by atoms with E-state index in [1.165, 1.54) is 0 Å². The molecule has 0 radical (unpaired) electrons. The number of nitrogens with zero attached hydrogens (tertiary/aromatic N) is 2. The van der Waals surface area contributed by atoms with Gasteiger partial charge < -0.3 is 10.0 Å². The summed E-state index contributed by atoms with van der Waals surface area (Å²) < 4.78 is 0. The van der Waals surface area contributed by atoms with Crippen molar-refractivity contribution in [3.8, 4) is 0 Å². The first kappa shape index (κ1) is 12.7. The number of carbonyl (C=O) groups is 1. The van der Waals surface area contributed by atoms with Crippen molar-refractivity contribution in [3.63, 3.8) is 0 Å². The van der Waals surface area contributed by atoms with E-state index in [0.29, 0.717) is 19.5 Å². The Morgan fingerprint density at radius 2 is 2.31 bits per heavy atom. The maximum absolute atomic E-state index is 11.9. The van der Waals surface area contributed by atoms with Crippen molar-refractivity contribution in [2.75, 3.05) is 13.1 Å². The van der Waals surface area contributed by atoms with Gasteiger partial charge in [0, 0.05) is 25.0 Å². The smallest absolute Gasteiger partial charge is 0.228 e. The van der Waals surface area contributed by atoms with Crippen LogP contribution in [0.2, 0.25) is 0 Å². The first-order chi connectivity index (χ1) is 7.42. The molecule has 0 aliphatic heterocycles. The Morgan fingerprint density at radius 1 is 1.62 bits per heavy atom. The van der Waals surface area contributed by atoms with Gasteiger partial charge in [-0.25, -0.2) is 0 Å². The van der Waals surface area contributed by atoms with Crippen LogP contribution in [0.15, 0.2) is 12.3 Å². The molecule has 0 atom stereocenters. The van der Waals surface area contributed by atoms with E-state index >= 15 is 0 Å². The number of carbonyl (C=O) groups excluding carboxylic acids is 1. The van der Waals surface area contributed by atoms with Crippen LogP contribution in [0.4, 0.5) is 0 Å². The summed E-state index contributed by atoms with van der Waals surface area (Å²) in [7, 11) is 0. The minimum Gasteiger partial charge on any atom is -0.389 e. The summed E-state index contributed by atoms with van der Waals surface area (Å²) in [5.74, 6) is -0.00567. The average molecular weight is 225 g/mol. The molecule has 5 nitrogen and oxygen atoms in total. The van der Waals surface area contributed by atoms with E-state index in [4.69, 9.17) is 0 Å². The van der Waals surface area contributed by atoms with E-state index in [0.717, 1.165) is 5.69 Å². The van der Waals surface area contributed by atoms with E-state index < -0.39 is 5.60 Å². The second-order valence-corrected chi connectivity index (χ2v) is 4.48. The summed E-state index contributed by atoms with van der Waals surface area (Å²) in [6, 6.07) is 1.77. The van der Waals surface area contributed by atoms with Gasteiger partial charge >= 0.3 is 0 Å². The standard InChI is InChI=1S/C11H19N3O2/c1-4-14(8-11(2,3)16)10(15)7-9-5-6-12-13-9/h5-6,16H,4,7-8H2,1-3H3,(H,12,13). The third-order valence-corrected chi connectivity index (χ3v) is 2.21. The second kappa shape index (κ2) is 5.12. The molecule has 1 heterocycles. The lowest BCUT2D eigenvalue weighted by Crippen LogP contribution is -2.42. The van der Waals surface area contributed by atoms with Crippen molar-refractivity contribution in [1.29, 1.82) is 0 Å². The van der Waals surface area contributed by atoms with Crippen molar-refractivity contribution in [3.05, 3.63) is 18.0 Å². The van der Waals surface area contributed by atoms with Crippen molar-refractivity contribution in [2.24, 2.45) is 0 Å². The molecule has 0 unspecified atom stereocenters. The molecule has 0 spiro atoms. The minimum atomic E-state index is -0.861. The molecule has 0 aromatic carbocycles. The van der Waals surface area contributed by atoms with Crippen LogP contribution in [-0.4, -0.2) is 44.8 Å². The fourth-order valence-corrected chi connectivity index (χ4v) is 1.50. The molecule has 2 N–H and O–H groups in total. The van der Waals surface area contributed by atoms with Crippen molar-refractivity contribution in [1.82, 2.24) is 15.1 Å². The number of aliphatic hydroxyl groups is 1. The van der Waals surface area contributed by atoms with Crippen LogP contribution < -0.4 is 0 Å². The monoisotopic (exact) mass is 225 g/mol. The largest absolute Gasteiger partial charge is 0.389 e. The maximum Gasteiger partial charge on any atom is 0.228 e. The van der Waals surface area contributed by atoms with Gasteiger partial charge in [0.15, 0.2) is 0 Å². The lowest BCUT2D eigenvalue weighted by molar-refractivity contribution is -0.133. The van der Waals surface area contributed by atoms with Gasteiger partial charge in [-0.3, -0.25) is 9.89 Å². The average Bonchev–Trinajstić information content (AvgIpc) is 2.65. The lowest BCUT2D eigenvalue weighted by atomic mass is 10.1. The Balaban J connectivity index is 2.56. The number of rotatable bonds is 5. The number of hydrogen-bond acceptors (Lipinski definition) is 3. The molecule has 1 aromatic heterocycles. The van der Waals surface area contributed by atoms with Crippen LogP contribution in [0.5, 0.6) is 0 Å². The van der Waals surface area contributed by atoms with Crippen LogP contribution in [0.25, 0.3) is 0 Å². The van der Waals surface area contributed by atoms with E-state index in [-0.39, 0.29) is 5.91 Å². The molecule has 0 bridgehead atoms. The van der Waals surface area contributed by atoms with E-state index in [9.17, 15) is 9.90 Å². The van der Waals surface area contributed by atoms with E-state index in [1.54, 1.807) is 31.0 Å². The van der Waals surface area contributed by atoms with E-state index in [2.05, 4.69) is 10.2 Å². The Kier molecular flexibility index (Phi) is 4.06. The zero-order valence-corrected chi connectivity index (χ0v) is 10.0. The lowest BCUT2D eigenvalue weighted by Gasteiger charge is -2.28. The topological polar surface area (TPSA) is 69.2 Å². The van der Waals surface area contributed by atoms with Gasteiger partial charge in [0.1, 0.15) is 0 Å². The predicted octanol–water partition coefficient (Wildman–Crippen LogP) is 0.572. The zero-order chi connectivity index (χ0) is 12.2. The van der Waals surface area contributed by atoms with Crippen LogP contribution in [-0.2, 0) is 11.2 Å². The molecular formula is C11H19N3O2. The van der Waals surface area contributed by atoms with Crippen LogP contribution in [0.1, 0.15) is 26.5 Å². The Labute approximate surface area is 95.5 Å². The first-order valence-electron chi connectivity index (χ1n) is 5.41. The number of nitrogens with one attached hydrogen (secondary N) is 1. The first-order valence-corrected chi connectivity index (χ1v) is 5.41. The van der Waals surface area contributed by atoms with Gasteiger partial charge in [0.25, 0.3) is 0 Å². The van der Waals surface area contributed by atoms with Crippen LogP contribution >= 0.6 is 0 Å². The quantitative estimate of drug-likeness (QED) is 0.769. The Hall–Kier alpha value is -1.36. The molecule has 1 amide bonds. The third kappa shape index (κ3) is 4.02. The zero-order valence-electron chi connectivity index (χ0n) is 10.0. The van der Waals surface area contributed by atoms with Crippen molar-refractivity contribution in [2.45, 2.75) is 32.8 Å². The second-order valence-electron chi connectivity index (χ2n) is 4.48. The molecular weight excluding hydrogens is 206 g/mol. The summed E-state index contributed by atoms with van der Waals surface area (Å²) in [5.41, 5.74) is -0.0705. The van der Waals surface area contributed by atoms with Gasteiger partial charge in [-0.2, -0.15) is 5.10 Å². The molecule has 0 fully saturated rings. The minimum absolute atomic E-state index is 0.00567. The van der Waals surface area contributed by atoms with Gasteiger partial charge in [0.05, 0.1) is 12.0 Å². The van der Waals surface area contributed by atoms with Gasteiger partial charge in [-0.1, -0.05) is 0 Å². The SMILES string of the molecule is CCN(CC(C)(C)O)C(=O)Cc1ccn[nH]1. The third-order valence-electron chi connectivity index (χ3n) is 2.21. The Bertz CT molecular complexity index is 327. The number of H-pyrrole nitrogens is 1. The summed E-state index contributed by atoms with van der Waals surface area (Å²) in [6.07, 6.45) is 1.92. The van der Waals surface area contributed by atoms with Gasteiger partial charge in [0.2, 0.25) is 5.91 Å². The van der Waals surface area contributed by atoms with Crippen molar-refractivity contribution < 1.29 is 9.90 Å². The highest BCUT2D eigenvalue weighted by Crippen LogP contribution is 2.07. The molecule has 16 heavy (non-hydrogen) atoms. The van der Waals surface area contributed by atoms with E-state index in [1.807, 2.05) is 6.92 Å². The molecule has 0 aliphatic rings. The summed E-state index contributed by atoms with van der Waals surface area (Å²) in [6.45, 7) is 6.22. The predicted molar refractivity (Wildman–Crippen MR) is 60.8 cm³/mol. The molecule has 90 valence electrons. The molecule has 5 heteroatoms. The number of likely N-dealkylation sites (N-methyl/N-ethyl adjacent to an activating group) is 1. The van der Waals surface area contributed by atoms with Crippen LogP contribution in [0, 0.1) is 0 Å². The Morgan fingerprint density at radius 3 is 2.75 bits per heavy atom.